The number of carbonyl (C=O) groups excluding carboxylic acids is 1. The molecule has 9 nitrogen and oxygen atoms in total. The van der Waals surface area contributed by atoms with E-state index in [0.29, 0.717) is 11.4 Å². The van der Waals surface area contributed by atoms with E-state index in [2.05, 4.69) is 25.5 Å². The molecule has 4 aromatic rings. The fourth-order valence-electron chi connectivity index (χ4n) is 4.46. The van der Waals surface area contributed by atoms with E-state index in [1.165, 1.54) is 0 Å². The molecule has 1 aromatic carbocycles. The minimum atomic E-state index is -0.115. The highest BCUT2D eigenvalue weighted by Crippen LogP contribution is 2.27. The fraction of sp³-hybridized carbons (Fsp3) is 0.348. The van der Waals surface area contributed by atoms with Crippen LogP contribution in [0, 0.1) is 13.8 Å². The van der Waals surface area contributed by atoms with E-state index in [1.807, 2.05) is 32.0 Å². The molecule has 0 atom stereocenters. The summed E-state index contributed by atoms with van der Waals surface area (Å²) in [7, 11) is 0. The lowest BCUT2D eigenvalue weighted by molar-refractivity contribution is 0.0921. The van der Waals surface area contributed by atoms with Crippen molar-refractivity contribution < 1.29 is 4.79 Å². The van der Waals surface area contributed by atoms with E-state index in [9.17, 15) is 9.59 Å². The first-order valence-electron chi connectivity index (χ1n) is 10.9. The van der Waals surface area contributed by atoms with Gasteiger partial charge in [0.05, 0.1) is 29.1 Å². The Balaban J connectivity index is 1.26. The van der Waals surface area contributed by atoms with Gasteiger partial charge in [-0.1, -0.05) is 0 Å². The van der Waals surface area contributed by atoms with E-state index >= 15 is 0 Å². The number of aromatic nitrogens is 6. The minimum Gasteiger partial charge on any atom is -0.349 e. The van der Waals surface area contributed by atoms with Gasteiger partial charge in [0.1, 0.15) is 0 Å². The maximum atomic E-state index is 12.7. The van der Waals surface area contributed by atoms with Crippen LogP contribution in [0.2, 0.25) is 0 Å². The molecule has 164 valence electrons. The lowest BCUT2D eigenvalue weighted by Gasteiger charge is -2.29. The molecule has 0 radical (unpaired) electrons. The number of fused-ring (bicyclic) bond motifs is 1. The number of nitrogens with one attached hydrogen (secondary N) is 2. The van der Waals surface area contributed by atoms with Crippen molar-refractivity contribution >= 4 is 16.9 Å². The monoisotopic (exact) mass is 431 g/mol. The smallest absolute Gasteiger partial charge is 0.267 e. The quantitative estimate of drug-likeness (QED) is 0.516. The van der Waals surface area contributed by atoms with Crippen LogP contribution in [-0.2, 0) is 0 Å². The lowest BCUT2D eigenvalue weighted by Crippen LogP contribution is -2.39. The van der Waals surface area contributed by atoms with Gasteiger partial charge in [0.15, 0.2) is 5.82 Å². The van der Waals surface area contributed by atoms with Crippen LogP contribution in [0.15, 0.2) is 47.5 Å². The van der Waals surface area contributed by atoms with E-state index in [4.69, 9.17) is 0 Å². The topological polar surface area (TPSA) is 110 Å². The number of benzene rings is 1. The predicted octanol–water partition coefficient (Wildman–Crippen LogP) is 2.84. The lowest BCUT2D eigenvalue weighted by atomic mass is 9.91. The molecule has 1 saturated carbocycles. The van der Waals surface area contributed by atoms with E-state index < -0.39 is 0 Å². The number of nitrogens with zero attached hydrogens (tertiary/aromatic N) is 5. The Labute approximate surface area is 184 Å². The van der Waals surface area contributed by atoms with Crippen molar-refractivity contribution in [2.75, 3.05) is 0 Å². The molecule has 0 unspecified atom stereocenters. The largest absolute Gasteiger partial charge is 0.349 e. The Morgan fingerprint density at radius 1 is 1.06 bits per heavy atom. The number of aryl methyl sites for hydroxylation is 2. The summed E-state index contributed by atoms with van der Waals surface area (Å²) in [6.07, 6.45) is 4.76. The zero-order chi connectivity index (χ0) is 22.2. The summed E-state index contributed by atoms with van der Waals surface area (Å²) < 4.78 is 3.34. The van der Waals surface area contributed by atoms with Crippen molar-refractivity contribution in [2.24, 2.45) is 0 Å². The molecule has 0 aliphatic heterocycles. The molecule has 0 saturated heterocycles. The van der Waals surface area contributed by atoms with Crippen molar-refractivity contribution in [1.29, 1.82) is 0 Å². The molecule has 1 amide bonds. The molecule has 1 fully saturated rings. The minimum absolute atomic E-state index is 0.00825. The van der Waals surface area contributed by atoms with E-state index in [0.717, 1.165) is 48.1 Å². The second kappa shape index (κ2) is 8.07. The second-order valence-corrected chi connectivity index (χ2v) is 8.43. The molecule has 1 aliphatic carbocycles. The van der Waals surface area contributed by atoms with Crippen LogP contribution in [0.3, 0.4) is 0 Å². The molecular weight excluding hydrogens is 406 g/mol. The van der Waals surface area contributed by atoms with Gasteiger partial charge in [-0.25, -0.2) is 14.3 Å². The summed E-state index contributed by atoms with van der Waals surface area (Å²) in [5, 5.41) is 12.2. The van der Waals surface area contributed by atoms with Crippen molar-refractivity contribution in [2.45, 2.75) is 51.6 Å². The number of aromatic amines is 1. The summed E-state index contributed by atoms with van der Waals surface area (Å²) in [5.41, 5.74) is 4.05. The SMILES string of the molecule is Cc1cc(C)n(-c2ccc(=O)n(C3CCC(NC(=O)c4ccc5nc[nH]c5c4)CC3)n2)n1. The Kier molecular flexibility index (Phi) is 5.08. The van der Waals surface area contributed by atoms with Crippen LogP contribution < -0.4 is 10.9 Å². The number of hydrogen-bond donors (Lipinski definition) is 2. The standard InChI is InChI=1S/C23H25N7O2/c1-14-11-15(2)29(27-14)21-9-10-22(31)30(28-21)18-6-4-17(5-7-18)26-23(32)16-3-8-19-20(12-16)25-13-24-19/h3,8-13,17-18H,4-7H2,1-2H3,(H,24,25)(H,26,32). The van der Waals surface area contributed by atoms with Gasteiger partial charge in [0.2, 0.25) is 0 Å². The summed E-state index contributed by atoms with van der Waals surface area (Å²) in [5.74, 6) is 0.548. The van der Waals surface area contributed by atoms with Crippen molar-refractivity contribution in [3.63, 3.8) is 0 Å². The number of carbonyl (C=O) groups is 1. The maximum absolute atomic E-state index is 12.7. The predicted molar refractivity (Wildman–Crippen MR) is 120 cm³/mol. The molecule has 0 bridgehead atoms. The fourth-order valence-corrected chi connectivity index (χ4v) is 4.46. The van der Waals surface area contributed by atoms with Crippen LogP contribution in [0.25, 0.3) is 16.9 Å². The summed E-state index contributed by atoms with van der Waals surface area (Å²) in [4.78, 5) is 32.4. The Morgan fingerprint density at radius 2 is 1.88 bits per heavy atom. The Morgan fingerprint density at radius 3 is 2.62 bits per heavy atom. The average molecular weight is 432 g/mol. The van der Waals surface area contributed by atoms with Gasteiger partial charge < -0.3 is 10.3 Å². The summed E-state index contributed by atoms with van der Waals surface area (Å²) >= 11 is 0. The first kappa shape index (κ1) is 20.2. The van der Waals surface area contributed by atoms with Crippen molar-refractivity contribution in [3.8, 4) is 5.82 Å². The molecule has 9 heteroatoms. The Bertz CT molecular complexity index is 1340. The number of hydrogen-bond acceptors (Lipinski definition) is 5. The highest BCUT2D eigenvalue weighted by molar-refractivity contribution is 5.97. The molecular formula is C23H25N7O2. The second-order valence-electron chi connectivity index (χ2n) is 8.43. The highest BCUT2D eigenvalue weighted by Gasteiger charge is 2.25. The van der Waals surface area contributed by atoms with Crippen LogP contribution in [0.1, 0.15) is 53.5 Å². The maximum Gasteiger partial charge on any atom is 0.267 e. The highest BCUT2D eigenvalue weighted by atomic mass is 16.1. The van der Waals surface area contributed by atoms with Gasteiger partial charge in [-0.15, -0.1) is 5.10 Å². The van der Waals surface area contributed by atoms with E-state index in [-0.39, 0.29) is 23.6 Å². The zero-order valence-corrected chi connectivity index (χ0v) is 18.1. The first-order chi connectivity index (χ1) is 15.5. The van der Waals surface area contributed by atoms with Gasteiger partial charge in [0.25, 0.3) is 11.5 Å². The molecule has 3 aromatic heterocycles. The normalized spacial score (nSPS) is 18.7. The van der Waals surface area contributed by atoms with E-state index in [1.54, 1.807) is 33.9 Å². The zero-order valence-electron chi connectivity index (χ0n) is 18.1. The van der Waals surface area contributed by atoms with Gasteiger partial charge >= 0.3 is 0 Å². The molecule has 3 heterocycles. The number of H-pyrrole nitrogens is 1. The molecule has 1 aliphatic rings. The molecule has 0 spiro atoms. The number of rotatable bonds is 4. The van der Waals surface area contributed by atoms with Crippen LogP contribution in [-0.4, -0.2) is 41.5 Å². The van der Waals surface area contributed by atoms with Crippen LogP contribution in [0.4, 0.5) is 0 Å². The third-order valence-corrected chi connectivity index (χ3v) is 6.10. The van der Waals surface area contributed by atoms with Gasteiger partial charge in [-0.3, -0.25) is 9.59 Å². The summed E-state index contributed by atoms with van der Waals surface area (Å²) in [6.45, 7) is 3.90. The summed E-state index contributed by atoms with van der Waals surface area (Å²) in [6, 6.07) is 10.8. The van der Waals surface area contributed by atoms with Crippen molar-refractivity contribution in [1.82, 2.24) is 34.8 Å². The first-order valence-corrected chi connectivity index (χ1v) is 10.9. The van der Waals surface area contributed by atoms with Gasteiger partial charge in [-0.05, 0) is 69.9 Å². The molecule has 32 heavy (non-hydrogen) atoms. The van der Waals surface area contributed by atoms with Crippen LogP contribution >= 0.6 is 0 Å². The van der Waals surface area contributed by atoms with Crippen LogP contribution in [0.5, 0.6) is 0 Å². The Hall–Kier alpha value is -3.75. The average Bonchev–Trinajstić information content (AvgIpc) is 3.39. The number of imidazole rings is 1. The van der Waals surface area contributed by atoms with Gasteiger partial charge in [-0.2, -0.15) is 5.10 Å². The molecule has 5 rings (SSSR count). The van der Waals surface area contributed by atoms with Gasteiger partial charge in [0, 0.05) is 23.4 Å². The number of amides is 1. The van der Waals surface area contributed by atoms with Crippen molar-refractivity contribution in [3.05, 3.63) is 70.0 Å². The third-order valence-electron chi connectivity index (χ3n) is 6.10. The molecule has 2 N–H and O–H groups in total. The third kappa shape index (κ3) is 3.81.